The molecule has 1 heterocycles. The Labute approximate surface area is 105 Å². The number of likely N-dealkylation sites (tertiary alicyclic amines) is 1. The largest absolute Gasteiger partial charge is 0.481 e. The van der Waals surface area contributed by atoms with Crippen molar-refractivity contribution in [1.29, 1.82) is 0 Å². The molecule has 100 valence electrons. The number of β-amino-alcohol motifs (C(OH)–C–C–N with tert-alkyl or cyclic N) is 1. The van der Waals surface area contributed by atoms with Gasteiger partial charge in [-0.15, -0.1) is 0 Å². The van der Waals surface area contributed by atoms with E-state index in [2.05, 4.69) is 0 Å². The van der Waals surface area contributed by atoms with E-state index in [1.54, 1.807) is 0 Å². The highest BCUT2D eigenvalue weighted by Gasteiger charge is 2.51. The van der Waals surface area contributed by atoms with Crippen molar-refractivity contribution in [3.63, 3.8) is 0 Å². The summed E-state index contributed by atoms with van der Waals surface area (Å²) in [6, 6.07) is 0. The first kappa shape index (κ1) is 13.0. The van der Waals surface area contributed by atoms with Crippen LogP contribution in [0.4, 0.5) is 0 Å². The molecule has 3 atom stereocenters. The molecule has 1 aliphatic heterocycles. The SMILES string of the molecule is CC1CC2C(=O)N(CC(O)CC(=O)O)C(=O)C2C1. The van der Waals surface area contributed by atoms with Crippen LogP contribution in [0.15, 0.2) is 0 Å². The lowest BCUT2D eigenvalue weighted by atomic mass is 10.00. The average Bonchev–Trinajstić information content (AvgIpc) is 2.72. The number of carboxylic acids is 1. The van der Waals surface area contributed by atoms with E-state index in [1.165, 1.54) is 0 Å². The molecule has 1 saturated carbocycles. The Morgan fingerprint density at radius 2 is 1.83 bits per heavy atom. The molecule has 1 saturated heterocycles. The van der Waals surface area contributed by atoms with Gasteiger partial charge in [-0.25, -0.2) is 0 Å². The summed E-state index contributed by atoms with van der Waals surface area (Å²) in [5, 5.41) is 18.0. The van der Waals surface area contributed by atoms with E-state index in [9.17, 15) is 19.5 Å². The van der Waals surface area contributed by atoms with Crippen LogP contribution >= 0.6 is 0 Å². The number of rotatable bonds is 4. The number of aliphatic hydroxyl groups excluding tert-OH is 1. The minimum absolute atomic E-state index is 0.203. The van der Waals surface area contributed by atoms with Crippen molar-refractivity contribution in [3.8, 4) is 0 Å². The molecular formula is C12H17NO5. The highest BCUT2D eigenvalue weighted by molar-refractivity contribution is 6.05. The first-order valence-corrected chi connectivity index (χ1v) is 6.15. The van der Waals surface area contributed by atoms with Gasteiger partial charge < -0.3 is 10.2 Å². The Kier molecular flexibility index (Phi) is 3.38. The van der Waals surface area contributed by atoms with E-state index in [-0.39, 0.29) is 30.2 Å². The smallest absolute Gasteiger partial charge is 0.306 e. The number of imide groups is 1. The molecule has 6 nitrogen and oxygen atoms in total. The zero-order valence-electron chi connectivity index (χ0n) is 10.2. The third kappa shape index (κ3) is 2.25. The van der Waals surface area contributed by atoms with Gasteiger partial charge in [0.05, 0.1) is 30.9 Å². The van der Waals surface area contributed by atoms with Crippen molar-refractivity contribution >= 4 is 17.8 Å². The Balaban J connectivity index is 2.01. The molecule has 2 N–H and O–H groups in total. The normalized spacial score (nSPS) is 32.8. The van der Waals surface area contributed by atoms with Gasteiger partial charge in [0.1, 0.15) is 0 Å². The lowest BCUT2D eigenvalue weighted by molar-refractivity contribution is -0.145. The number of aliphatic carboxylic acids is 1. The summed E-state index contributed by atoms with van der Waals surface area (Å²) >= 11 is 0. The molecule has 3 unspecified atom stereocenters. The molecule has 18 heavy (non-hydrogen) atoms. The maximum absolute atomic E-state index is 12.0. The molecule has 2 fully saturated rings. The van der Waals surface area contributed by atoms with Crippen LogP contribution in [0.1, 0.15) is 26.2 Å². The number of carbonyl (C=O) groups excluding carboxylic acids is 2. The zero-order valence-corrected chi connectivity index (χ0v) is 10.2. The fourth-order valence-electron chi connectivity index (χ4n) is 3.00. The lowest BCUT2D eigenvalue weighted by Gasteiger charge is -2.19. The van der Waals surface area contributed by atoms with E-state index in [0.717, 1.165) is 4.90 Å². The Hall–Kier alpha value is -1.43. The van der Waals surface area contributed by atoms with Crippen LogP contribution in [0.3, 0.4) is 0 Å². The van der Waals surface area contributed by atoms with Crippen molar-refractivity contribution < 1.29 is 24.6 Å². The van der Waals surface area contributed by atoms with Gasteiger partial charge in [0.2, 0.25) is 11.8 Å². The fourth-order valence-corrected chi connectivity index (χ4v) is 3.00. The maximum atomic E-state index is 12.0. The second kappa shape index (κ2) is 4.68. The molecule has 0 radical (unpaired) electrons. The van der Waals surface area contributed by atoms with Crippen LogP contribution in [-0.4, -0.2) is 45.5 Å². The van der Waals surface area contributed by atoms with Gasteiger partial charge in [0.15, 0.2) is 0 Å². The monoisotopic (exact) mass is 255 g/mol. The highest BCUT2D eigenvalue weighted by Crippen LogP contribution is 2.42. The van der Waals surface area contributed by atoms with Crippen LogP contribution in [0, 0.1) is 17.8 Å². The van der Waals surface area contributed by atoms with Gasteiger partial charge in [-0.1, -0.05) is 6.92 Å². The first-order valence-electron chi connectivity index (χ1n) is 6.15. The Morgan fingerprint density at radius 1 is 1.33 bits per heavy atom. The zero-order chi connectivity index (χ0) is 13.4. The summed E-state index contributed by atoms with van der Waals surface area (Å²) in [6.45, 7) is 1.81. The van der Waals surface area contributed by atoms with Crippen molar-refractivity contribution in [3.05, 3.63) is 0 Å². The number of nitrogens with zero attached hydrogens (tertiary/aromatic N) is 1. The summed E-state index contributed by atoms with van der Waals surface area (Å²) in [5.74, 6) is -1.79. The minimum atomic E-state index is -1.19. The second-order valence-corrected chi connectivity index (χ2v) is 5.33. The topological polar surface area (TPSA) is 94.9 Å². The summed E-state index contributed by atoms with van der Waals surface area (Å²) in [5.41, 5.74) is 0. The molecule has 6 heteroatoms. The predicted octanol–water partition coefficient (Wildman–Crippen LogP) is -0.147. The second-order valence-electron chi connectivity index (χ2n) is 5.33. The summed E-state index contributed by atoms with van der Waals surface area (Å²) in [6.07, 6.45) is -0.226. The van der Waals surface area contributed by atoms with Crippen molar-refractivity contribution in [2.24, 2.45) is 17.8 Å². The van der Waals surface area contributed by atoms with Crippen molar-refractivity contribution in [2.45, 2.75) is 32.3 Å². The number of carbonyl (C=O) groups is 3. The summed E-state index contributed by atoms with van der Waals surface area (Å²) < 4.78 is 0. The quantitative estimate of drug-likeness (QED) is 0.681. The molecule has 2 amide bonds. The molecule has 1 aliphatic carbocycles. The van der Waals surface area contributed by atoms with Gasteiger partial charge in [-0.2, -0.15) is 0 Å². The van der Waals surface area contributed by atoms with E-state index >= 15 is 0 Å². The molecule has 0 aromatic heterocycles. The molecule has 2 rings (SSSR count). The maximum Gasteiger partial charge on any atom is 0.306 e. The van der Waals surface area contributed by atoms with Crippen LogP contribution in [0.25, 0.3) is 0 Å². The summed E-state index contributed by atoms with van der Waals surface area (Å²) in [7, 11) is 0. The molecular weight excluding hydrogens is 238 g/mol. The highest BCUT2D eigenvalue weighted by atomic mass is 16.4. The van der Waals surface area contributed by atoms with Gasteiger partial charge in [-0.3, -0.25) is 19.3 Å². The molecule has 0 bridgehead atoms. The Morgan fingerprint density at radius 3 is 2.28 bits per heavy atom. The van der Waals surface area contributed by atoms with E-state index in [4.69, 9.17) is 5.11 Å². The first-order chi connectivity index (χ1) is 8.40. The van der Waals surface area contributed by atoms with Crippen LogP contribution in [-0.2, 0) is 14.4 Å². The number of aliphatic hydroxyl groups is 1. The third-order valence-electron chi connectivity index (χ3n) is 3.77. The van der Waals surface area contributed by atoms with Crippen molar-refractivity contribution in [1.82, 2.24) is 4.90 Å². The van der Waals surface area contributed by atoms with E-state index in [1.807, 2.05) is 6.92 Å². The minimum Gasteiger partial charge on any atom is -0.481 e. The van der Waals surface area contributed by atoms with Crippen molar-refractivity contribution in [2.75, 3.05) is 6.54 Å². The van der Waals surface area contributed by atoms with Gasteiger partial charge in [-0.05, 0) is 18.8 Å². The number of hydrogen-bond donors (Lipinski definition) is 2. The number of amides is 2. The van der Waals surface area contributed by atoms with Crippen LogP contribution < -0.4 is 0 Å². The molecule has 2 aliphatic rings. The Bertz CT molecular complexity index is 370. The summed E-state index contributed by atoms with van der Waals surface area (Å²) in [4.78, 5) is 35.5. The van der Waals surface area contributed by atoms with E-state index < -0.39 is 18.5 Å². The van der Waals surface area contributed by atoms with Crippen LogP contribution in [0.2, 0.25) is 0 Å². The predicted molar refractivity (Wildman–Crippen MR) is 60.4 cm³/mol. The number of fused-ring (bicyclic) bond motifs is 1. The fraction of sp³-hybridized carbons (Fsp3) is 0.750. The average molecular weight is 255 g/mol. The standard InChI is InChI=1S/C12H17NO5/c1-6-2-8-9(3-6)12(18)13(11(8)17)5-7(14)4-10(15)16/h6-9,14H,2-5H2,1H3,(H,15,16). The van der Waals surface area contributed by atoms with E-state index in [0.29, 0.717) is 18.8 Å². The molecule has 0 aromatic rings. The van der Waals surface area contributed by atoms with Gasteiger partial charge in [0, 0.05) is 0 Å². The van der Waals surface area contributed by atoms with Gasteiger partial charge >= 0.3 is 5.97 Å². The van der Waals surface area contributed by atoms with Crippen LogP contribution in [0.5, 0.6) is 0 Å². The lowest BCUT2D eigenvalue weighted by Crippen LogP contribution is -2.39. The number of carboxylic acid groups (broad SMARTS) is 1. The molecule has 0 aromatic carbocycles. The molecule has 0 spiro atoms. The van der Waals surface area contributed by atoms with Gasteiger partial charge in [0.25, 0.3) is 0 Å². The number of hydrogen-bond acceptors (Lipinski definition) is 4. The third-order valence-corrected chi connectivity index (χ3v) is 3.77.